The minimum absolute atomic E-state index is 0.461. The number of halogens is 3. The van der Waals surface area contributed by atoms with Crippen molar-refractivity contribution in [1.82, 2.24) is 0 Å². The summed E-state index contributed by atoms with van der Waals surface area (Å²) in [4.78, 5) is 0.705. The van der Waals surface area contributed by atoms with Crippen molar-refractivity contribution in [3.63, 3.8) is 0 Å². The summed E-state index contributed by atoms with van der Waals surface area (Å²) in [6.07, 6.45) is 0.903. The summed E-state index contributed by atoms with van der Waals surface area (Å²) in [6.45, 7) is 0. The molecule has 1 aromatic rings. The summed E-state index contributed by atoms with van der Waals surface area (Å²) >= 11 is 0.873. The van der Waals surface area contributed by atoms with E-state index in [0.29, 0.717) is 10.9 Å². The fourth-order valence-electron chi connectivity index (χ4n) is 2.58. The Bertz CT molecular complexity index is 454. The van der Waals surface area contributed by atoms with Gasteiger partial charge in [-0.1, -0.05) is 12.1 Å². The van der Waals surface area contributed by atoms with Gasteiger partial charge in [-0.15, -0.1) is 11.8 Å². The van der Waals surface area contributed by atoms with Gasteiger partial charge in [0.05, 0.1) is 5.75 Å². The van der Waals surface area contributed by atoms with Crippen molar-refractivity contribution < 1.29 is 13.2 Å². The van der Waals surface area contributed by atoms with Crippen molar-refractivity contribution in [3.05, 3.63) is 24.3 Å². The number of alkyl halides is 3. The van der Waals surface area contributed by atoms with Gasteiger partial charge in [-0.2, -0.15) is 13.2 Å². The lowest BCUT2D eigenvalue weighted by atomic mass is 10.1. The number of para-hydroxylation sites is 1. The van der Waals surface area contributed by atoms with Crippen LogP contribution in [0.4, 0.5) is 18.9 Å². The molecular weight excluding hydrogens is 283 g/mol. The standard InChI is InChI=1S/C15H18F3NS/c16-15(17,18)9-20-13-4-2-1-3-12(13)19-14(10-5-6-10)11-7-8-11/h1-4,10-11,14,19H,5-9H2. The quantitative estimate of drug-likeness (QED) is 0.747. The van der Waals surface area contributed by atoms with Crippen LogP contribution >= 0.6 is 11.8 Å². The molecule has 0 radical (unpaired) electrons. The summed E-state index contributed by atoms with van der Waals surface area (Å²) in [7, 11) is 0. The van der Waals surface area contributed by atoms with E-state index in [0.717, 1.165) is 29.3 Å². The largest absolute Gasteiger partial charge is 0.398 e. The van der Waals surface area contributed by atoms with Crippen molar-refractivity contribution in [2.24, 2.45) is 11.8 Å². The number of anilines is 1. The number of hydrogen-bond donors (Lipinski definition) is 1. The Balaban J connectivity index is 1.68. The Kier molecular flexibility index (Phi) is 3.89. The van der Waals surface area contributed by atoms with Gasteiger partial charge >= 0.3 is 6.18 Å². The van der Waals surface area contributed by atoms with E-state index in [4.69, 9.17) is 0 Å². The van der Waals surface area contributed by atoms with E-state index in [1.54, 1.807) is 12.1 Å². The van der Waals surface area contributed by atoms with Crippen LogP contribution in [0.2, 0.25) is 0 Å². The van der Waals surface area contributed by atoms with Gasteiger partial charge in [0.25, 0.3) is 0 Å². The monoisotopic (exact) mass is 301 g/mol. The molecule has 1 nitrogen and oxygen atoms in total. The molecule has 0 unspecified atom stereocenters. The molecule has 0 saturated heterocycles. The summed E-state index contributed by atoms with van der Waals surface area (Å²) in [5, 5.41) is 3.52. The van der Waals surface area contributed by atoms with Gasteiger partial charge in [-0.25, -0.2) is 0 Å². The van der Waals surface area contributed by atoms with Gasteiger partial charge in [0, 0.05) is 16.6 Å². The van der Waals surface area contributed by atoms with Crippen LogP contribution in [0.25, 0.3) is 0 Å². The second-order valence-corrected chi connectivity index (χ2v) is 6.76. The van der Waals surface area contributed by atoms with Crippen LogP contribution in [-0.4, -0.2) is 18.0 Å². The maximum absolute atomic E-state index is 12.4. The summed E-state index contributed by atoms with van der Waals surface area (Å²) < 4.78 is 37.1. The highest BCUT2D eigenvalue weighted by Crippen LogP contribution is 2.46. The first-order valence-corrected chi connectivity index (χ1v) is 8.06. The van der Waals surface area contributed by atoms with Crippen LogP contribution in [0.15, 0.2) is 29.2 Å². The molecule has 110 valence electrons. The minimum atomic E-state index is -4.12. The highest BCUT2D eigenvalue weighted by Gasteiger charge is 2.41. The molecule has 2 aliphatic carbocycles. The molecule has 20 heavy (non-hydrogen) atoms. The number of thioether (sulfide) groups is 1. The van der Waals surface area contributed by atoms with Crippen LogP contribution in [0, 0.1) is 11.8 Å². The molecule has 0 atom stereocenters. The zero-order valence-corrected chi connectivity index (χ0v) is 11.9. The predicted molar refractivity (Wildman–Crippen MR) is 76.1 cm³/mol. The maximum Gasteiger partial charge on any atom is 0.398 e. The van der Waals surface area contributed by atoms with Crippen molar-refractivity contribution in [1.29, 1.82) is 0 Å². The van der Waals surface area contributed by atoms with E-state index in [1.165, 1.54) is 25.7 Å². The first-order valence-electron chi connectivity index (χ1n) is 7.08. The number of nitrogens with one attached hydrogen (secondary N) is 1. The molecule has 1 aromatic carbocycles. The molecule has 2 saturated carbocycles. The molecule has 0 bridgehead atoms. The topological polar surface area (TPSA) is 12.0 Å². The minimum Gasteiger partial charge on any atom is -0.381 e. The highest BCUT2D eigenvalue weighted by molar-refractivity contribution is 7.99. The van der Waals surface area contributed by atoms with Crippen LogP contribution in [-0.2, 0) is 0 Å². The van der Waals surface area contributed by atoms with E-state index in [2.05, 4.69) is 5.32 Å². The summed E-state index contributed by atoms with van der Waals surface area (Å²) in [6, 6.07) is 7.82. The third-order valence-electron chi connectivity index (χ3n) is 3.86. The lowest BCUT2D eigenvalue weighted by Crippen LogP contribution is -2.24. The Morgan fingerprint density at radius 2 is 1.70 bits per heavy atom. The fourth-order valence-corrected chi connectivity index (χ4v) is 3.36. The molecule has 0 aromatic heterocycles. The second-order valence-electron chi connectivity index (χ2n) is 5.74. The molecule has 0 heterocycles. The molecule has 1 N–H and O–H groups in total. The Morgan fingerprint density at radius 1 is 1.10 bits per heavy atom. The van der Waals surface area contributed by atoms with Gasteiger partial charge in [0.1, 0.15) is 0 Å². The lowest BCUT2D eigenvalue weighted by Gasteiger charge is -2.21. The van der Waals surface area contributed by atoms with Crippen molar-refractivity contribution in [2.45, 2.75) is 42.8 Å². The van der Waals surface area contributed by atoms with E-state index in [9.17, 15) is 13.2 Å². The zero-order valence-electron chi connectivity index (χ0n) is 11.1. The third kappa shape index (κ3) is 3.84. The van der Waals surface area contributed by atoms with Crippen LogP contribution < -0.4 is 5.32 Å². The molecule has 2 fully saturated rings. The smallest absolute Gasteiger partial charge is 0.381 e. The normalized spacial score (nSPS) is 19.4. The van der Waals surface area contributed by atoms with Gasteiger partial charge in [-0.05, 0) is 49.7 Å². The Hall–Kier alpha value is -0.840. The average molecular weight is 301 g/mol. The van der Waals surface area contributed by atoms with Crippen LogP contribution in [0.5, 0.6) is 0 Å². The zero-order chi connectivity index (χ0) is 14.2. The van der Waals surface area contributed by atoms with Crippen LogP contribution in [0.1, 0.15) is 25.7 Å². The van der Waals surface area contributed by atoms with E-state index < -0.39 is 11.9 Å². The molecule has 0 aliphatic heterocycles. The van der Waals surface area contributed by atoms with Crippen molar-refractivity contribution in [2.75, 3.05) is 11.1 Å². The molecule has 0 amide bonds. The van der Waals surface area contributed by atoms with E-state index >= 15 is 0 Å². The van der Waals surface area contributed by atoms with Crippen molar-refractivity contribution in [3.8, 4) is 0 Å². The maximum atomic E-state index is 12.4. The first kappa shape index (κ1) is 14.1. The number of hydrogen-bond acceptors (Lipinski definition) is 2. The molecule has 2 aliphatic rings. The second kappa shape index (κ2) is 5.51. The molecule has 3 rings (SSSR count). The van der Waals surface area contributed by atoms with Gasteiger partial charge in [-0.3, -0.25) is 0 Å². The Labute approximate surface area is 121 Å². The van der Waals surface area contributed by atoms with Crippen molar-refractivity contribution >= 4 is 17.4 Å². The Morgan fingerprint density at radius 3 is 2.25 bits per heavy atom. The summed E-state index contributed by atoms with van der Waals surface area (Å²) in [5.74, 6) is 0.620. The van der Waals surface area contributed by atoms with E-state index in [-0.39, 0.29) is 0 Å². The van der Waals surface area contributed by atoms with Crippen LogP contribution in [0.3, 0.4) is 0 Å². The molecule has 0 spiro atoms. The van der Waals surface area contributed by atoms with E-state index in [1.807, 2.05) is 12.1 Å². The number of rotatable bonds is 6. The first-order chi connectivity index (χ1) is 9.53. The summed E-state index contributed by atoms with van der Waals surface area (Å²) in [5.41, 5.74) is 0.866. The SMILES string of the molecule is FC(F)(F)CSc1ccccc1NC(C1CC1)C1CC1. The molecule has 5 heteroatoms. The van der Waals surface area contributed by atoms with Gasteiger partial charge in [0.2, 0.25) is 0 Å². The lowest BCUT2D eigenvalue weighted by molar-refractivity contribution is -0.105. The van der Waals surface area contributed by atoms with Gasteiger partial charge in [0.15, 0.2) is 0 Å². The molecular formula is C15H18F3NS. The third-order valence-corrected chi connectivity index (χ3v) is 5.00. The highest BCUT2D eigenvalue weighted by atomic mass is 32.2. The predicted octanol–water partition coefficient (Wildman–Crippen LogP) is 4.94. The fraction of sp³-hybridized carbons (Fsp3) is 0.600. The average Bonchev–Trinajstić information content (AvgIpc) is 3.27. The number of benzene rings is 1. The van der Waals surface area contributed by atoms with Gasteiger partial charge < -0.3 is 5.32 Å².